The number of halogens is 4. The predicted molar refractivity (Wildman–Crippen MR) is 105 cm³/mol. The number of aromatic nitrogens is 2. The molecule has 6 heteroatoms. The molecule has 1 saturated carbocycles. The molecule has 2 aromatic carbocycles. The van der Waals surface area contributed by atoms with Gasteiger partial charge in [0.1, 0.15) is 11.6 Å². The Bertz CT molecular complexity index is 955. The fourth-order valence-corrected chi connectivity index (χ4v) is 3.45. The Kier molecular flexibility index (Phi) is 5.61. The maximum absolute atomic E-state index is 14.0. The van der Waals surface area contributed by atoms with E-state index in [0.29, 0.717) is 24.2 Å². The molecular formula is C21H20ClF3N2. The number of benzene rings is 2. The van der Waals surface area contributed by atoms with Crippen molar-refractivity contribution >= 4 is 29.5 Å². The summed E-state index contributed by atoms with van der Waals surface area (Å²) in [7, 11) is 0. The van der Waals surface area contributed by atoms with Crippen LogP contribution in [0.15, 0.2) is 48.5 Å². The van der Waals surface area contributed by atoms with Crippen LogP contribution in [0.1, 0.15) is 31.5 Å². The lowest BCUT2D eigenvalue weighted by Crippen LogP contribution is -2.23. The zero-order valence-electron chi connectivity index (χ0n) is 14.6. The maximum Gasteiger partial charge on any atom is 0.248 e. The van der Waals surface area contributed by atoms with Crippen LogP contribution >= 0.6 is 12.4 Å². The molecule has 4 rings (SSSR count). The molecule has 0 spiro atoms. The second-order valence-electron chi connectivity index (χ2n) is 6.89. The molecule has 0 unspecified atom stereocenters. The first-order valence-corrected chi connectivity index (χ1v) is 8.81. The highest BCUT2D eigenvalue weighted by molar-refractivity contribution is 5.85. The van der Waals surface area contributed by atoms with E-state index < -0.39 is 5.92 Å². The van der Waals surface area contributed by atoms with Gasteiger partial charge in [-0.05, 0) is 48.6 Å². The Balaban J connectivity index is 0.00000210. The Morgan fingerprint density at radius 1 is 1.07 bits per heavy atom. The molecule has 0 bridgehead atoms. The smallest absolute Gasteiger partial charge is 0.248 e. The van der Waals surface area contributed by atoms with Gasteiger partial charge in [-0.2, -0.15) is 0 Å². The molecule has 1 aliphatic carbocycles. The maximum atomic E-state index is 14.0. The average Bonchev–Trinajstić information content (AvgIpc) is 3.03. The lowest BCUT2D eigenvalue weighted by molar-refractivity contribution is -0.0410. The van der Waals surface area contributed by atoms with Crippen molar-refractivity contribution in [2.24, 2.45) is 5.92 Å². The van der Waals surface area contributed by atoms with Gasteiger partial charge in [0.15, 0.2) is 0 Å². The van der Waals surface area contributed by atoms with Crippen molar-refractivity contribution in [3.63, 3.8) is 0 Å². The van der Waals surface area contributed by atoms with Gasteiger partial charge in [-0.1, -0.05) is 30.3 Å². The number of nitrogens with zero attached hydrogens (tertiary/aromatic N) is 1. The summed E-state index contributed by atoms with van der Waals surface area (Å²) < 4.78 is 40.4. The monoisotopic (exact) mass is 392 g/mol. The molecule has 1 aliphatic rings. The molecular weight excluding hydrogens is 373 g/mol. The molecule has 1 N–H and O–H groups in total. The number of aromatic amines is 1. The molecule has 0 aliphatic heterocycles. The van der Waals surface area contributed by atoms with Gasteiger partial charge >= 0.3 is 0 Å². The second kappa shape index (κ2) is 7.77. The summed E-state index contributed by atoms with van der Waals surface area (Å²) in [4.78, 5) is 7.71. The third kappa shape index (κ3) is 4.35. The Morgan fingerprint density at radius 2 is 1.81 bits per heavy atom. The molecule has 27 heavy (non-hydrogen) atoms. The van der Waals surface area contributed by atoms with Crippen LogP contribution in [0.2, 0.25) is 0 Å². The van der Waals surface area contributed by atoms with Crippen molar-refractivity contribution in [3.05, 3.63) is 60.2 Å². The van der Waals surface area contributed by atoms with Gasteiger partial charge in [0, 0.05) is 18.4 Å². The number of hydrogen-bond acceptors (Lipinski definition) is 1. The Hall–Kier alpha value is -2.27. The molecule has 0 radical (unpaired) electrons. The van der Waals surface area contributed by atoms with Crippen LogP contribution in [-0.2, 0) is 0 Å². The van der Waals surface area contributed by atoms with E-state index in [1.807, 2.05) is 30.4 Å². The van der Waals surface area contributed by atoms with Crippen molar-refractivity contribution in [2.45, 2.75) is 31.6 Å². The normalized spacial score (nSPS) is 17.3. The first kappa shape index (κ1) is 19.5. The summed E-state index contributed by atoms with van der Waals surface area (Å²) in [6.45, 7) is 0. The number of rotatable bonds is 3. The molecule has 2 nitrogen and oxygen atoms in total. The van der Waals surface area contributed by atoms with Crippen LogP contribution in [0.25, 0.3) is 28.2 Å². The van der Waals surface area contributed by atoms with Gasteiger partial charge in [0.05, 0.1) is 11.0 Å². The minimum Gasteiger partial charge on any atom is -0.338 e. The van der Waals surface area contributed by atoms with Gasteiger partial charge in [-0.3, -0.25) is 0 Å². The zero-order chi connectivity index (χ0) is 18.1. The SMILES string of the molecule is Cl.Fc1ccccc1-c1ccc2nc(C=CC3CCC(F)(F)CC3)[nH]c2c1. The molecule has 1 heterocycles. The van der Waals surface area contributed by atoms with Gasteiger partial charge in [0.2, 0.25) is 5.92 Å². The molecule has 0 atom stereocenters. The van der Waals surface area contributed by atoms with Crippen LogP contribution in [0.5, 0.6) is 0 Å². The number of imidazole rings is 1. The number of hydrogen-bond donors (Lipinski definition) is 1. The minimum absolute atomic E-state index is 0. The lowest BCUT2D eigenvalue weighted by atomic mass is 9.86. The van der Waals surface area contributed by atoms with Gasteiger partial charge in [-0.25, -0.2) is 18.2 Å². The first-order chi connectivity index (χ1) is 12.5. The van der Waals surface area contributed by atoms with Gasteiger partial charge in [-0.15, -0.1) is 12.4 Å². The summed E-state index contributed by atoms with van der Waals surface area (Å²) in [5.74, 6) is -1.92. The highest BCUT2D eigenvalue weighted by Crippen LogP contribution is 2.36. The molecule has 142 valence electrons. The van der Waals surface area contributed by atoms with E-state index in [9.17, 15) is 13.2 Å². The fraction of sp³-hybridized carbons (Fsp3) is 0.286. The third-order valence-corrected chi connectivity index (χ3v) is 4.97. The van der Waals surface area contributed by atoms with E-state index in [0.717, 1.165) is 16.6 Å². The van der Waals surface area contributed by atoms with Crippen molar-refractivity contribution in [1.29, 1.82) is 0 Å². The van der Waals surface area contributed by atoms with Crippen molar-refractivity contribution in [2.75, 3.05) is 0 Å². The topological polar surface area (TPSA) is 28.7 Å². The lowest BCUT2D eigenvalue weighted by Gasteiger charge is -2.26. The van der Waals surface area contributed by atoms with Crippen LogP contribution in [0.4, 0.5) is 13.2 Å². The number of allylic oxidation sites excluding steroid dienone is 1. The Labute approximate surface area is 161 Å². The predicted octanol–water partition coefficient (Wildman–Crippen LogP) is 6.63. The van der Waals surface area contributed by atoms with E-state index in [4.69, 9.17) is 0 Å². The molecule has 3 aromatic rings. The fourth-order valence-electron chi connectivity index (χ4n) is 3.45. The average molecular weight is 393 g/mol. The summed E-state index contributed by atoms with van der Waals surface area (Å²) in [5, 5.41) is 0. The van der Waals surface area contributed by atoms with E-state index in [2.05, 4.69) is 9.97 Å². The third-order valence-electron chi connectivity index (χ3n) is 4.97. The second-order valence-corrected chi connectivity index (χ2v) is 6.89. The van der Waals surface area contributed by atoms with E-state index in [1.165, 1.54) is 6.07 Å². The van der Waals surface area contributed by atoms with Gasteiger partial charge < -0.3 is 4.98 Å². The van der Waals surface area contributed by atoms with E-state index in [1.54, 1.807) is 18.2 Å². The number of alkyl halides is 2. The largest absolute Gasteiger partial charge is 0.338 e. The van der Waals surface area contributed by atoms with Crippen LogP contribution < -0.4 is 0 Å². The van der Waals surface area contributed by atoms with E-state index in [-0.39, 0.29) is 37.0 Å². The molecule has 1 fully saturated rings. The Morgan fingerprint density at radius 3 is 2.56 bits per heavy atom. The highest BCUT2D eigenvalue weighted by Gasteiger charge is 2.33. The van der Waals surface area contributed by atoms with Crippen molar-refractivity contribution in [1.82, 2.24) is 9.97 Å². The van der Waals surface area contributed by atoms with E-state index >= 15 is 0 Å². The standard InChI is InChI=1S/C21H19F3N2.ClH/c22-17-4-2-1-3-16(17)15-6-7-18-19(13-15)26-20(25-18)8-5-14-9-11-21(23,24)12-10-14;/h1-8,13-14H,9-12H2,(H,25,26);1H. The first-order valence-electron chi connectivity index (χ1n) is 8.81. The van der Waals surface area contributed by atoms with Crippen molar-refractivity contribution in [3.8, 4) is 11.1 Å². The zero-order valence-corrected chi connectivity index (χ0v) is 15.4. The quantitative estimate of drug-likeness (QED) is 0.532. The van der Waals surface area contributed by atoms with Gasteiger partial charge in [0.25, 0.3) is 0 Å². The molecule has 1 aromatic heterocycles. The number of H-pyrrole nitrogens is 1. The van der Waals surface area contributed by atoms with Crippen molar-refractivity contribution < 1.29 is 13.2 Å². The highest BCUT2D eigenvalue weighted by atomic mass is 35.5. The molecule has 0 amide bonds. The number of fused-ring (bicyclic) bond motifs is 1. The summed E-state index contributed by atoms with van der Waals surface area (Å²) in [5.41, 5.74) is 2.94. The summed E-state index contributed by atoms with van der Waals surface area (Å²) >= 11 is 0. The summed E-state index contributed by atoms with van der Waals surface area (Å²) in [6.07, 6.45) is 4.73. The van der Waals surface area contributed by atoms with Crippen LogP contribution in [0, 0.1) is 11.7 Å². The van der Waals surface area contributed by atoms with Crippen LogP contribution in [0.3, 0.4) is 0 Å². The number of nitrogens with one attached hydrogen (secondary N) is 1. The summed E-state index contributed by atoms with van der Waals surface area (Å²) in [6, 6.07) is 12.2. The van der Waals surface area contributed by atoms with Crippen LogP contribution in [-0.4, -0.2) is 15.9 Å². The minimum atomic E-state index is -2.51. The molecule has 0 saturated heterocycles.